The molecule has 1 aliphatic carbocycles. The van der Waals surface area contributed by atoms with Crippen molar-refractivity contribution in [3.63, 3.8) is 0 Å². The Hall–Kier alpha value is -4.80. The minimum Gasteiger partial charge on any atom is -0.311 e. The van der Waals surface area contributed by atoms with E-state index in [4.69, 9.17) is 0 Å². The maximum Gasteiger partial charge on any atom is 0.252 e. The van der Waals surface area contributed by atoms with Gasteiger partial charge in [0.2, 0.25) is 0 Å². The van der Waals surface area contributed by atoms with Crippen molar-refractivity contribution in [3.05, 3.63) is 126 Å². The van der Waals surface area contributed by atoms with Crippen LogP contribution in [0.2, 0.25) is 0 Å². The van der Waals surface area contributed by atoms with Crippen LogP contribution >= 0.6 is 11.3 Å². The molecule has 4 heterocycles. The molecule has 11 rings (SSSR count). The van der Waals surface area contributed by atoms with Crippen molar-refractivity contribution in [1.29, 1.82) is 0 Å². The predicted molar refractivity (Wildman–Crippen MR) is 208 cm³/mol. The summed E-state index contributed by atoms with van der Waals surface area (Å²) in [5, 5.41) is 5.49. The molecule has 0 atom stereocenters. The molecule has 0 bridgehead atoms. The summed E-state index contributed by atoms with van der Waals surface area (Å²) in [5.41, 5.74) is 16.4. The van der Waals surface area contributed by atoms with Crippen LogP contribution in [-0.4, -0.2) is 11.3 Å². The first-order chi connectivity index (χ1) is 23.6. The number of anilines is 3. The van der Waals surface area contributed by atoms with E-state index in [-0.39, 0.29) is 6.71 Å². The van der Waals surface area contributed by atoms with Crippen LogP contribution in [-0.2, 0) is 0 Å². The summed E-state index contributed by atoms with van der Waals surface area (Å²) < 4.78 is 5.43. The summed E-state index contributed by atoms with van der Waals surface area (Å²) in [6, 6.07) is 42.4. The second-order valence-corrected chi connectivity index (χ2v) is 15.6. The van der Waals surface area contributed by atoms with E-state index >= 15 is 0 Å². The van der Waals surface area contributed by atoms with Crippen molar-refractivity contribution in [2.24, 2.45) is 0 Å². The lowest BCUT2D eigenvalue weighted by atomic mass is 9.33. The fourth-order valence-corrected chi connectivity index (χ4v) is 10.6. The summed E-state index contributed by atoms with van der Waals surface area (Å²) >= 11 is 1.92. The van der Waals surface area contributed by atoms with Crippen molar-refractivity contribution in [3.8, 4) is 5.69 Å². The van der Waals surface area contributed by atoms with Gasteiger partial charge in [-0.05, 0) is 97.0 Å². The molecule has 48 heavy (non-hydrogen) atoms. The summed E-state index contributed by atoms with van der Waals surface area (Å²) in [6.07, 6.45) is 6.56. The van der Waals surface area contributed by atoms with Crippen LogP contribution in [0.25, 0.3) is 47.7 Å². The van der Waals surface area contributed by atoms with Crippen LogP contribution in [0.15, 0.2) is 109 Å². The predicted octanol–water partition coefficient (Wildman–Crippen LogP) is 10.4. The van der Waals surface area contributed by atoms with E-state index in [0.29, 0.717) is 5.92 Å². The highest BCUT2D eigenvalue weighted by molar-refractivity contribution is 7.26. The Kier molecular flexibility index (Phi) is 5.59. The average molecular weight is 635 g/mol. The SMILES string of the molecule is Cc1ccc(N2c3ccc(C)cc3B3c4c2cc(C2CCCCC2)cc4-n2c4c3cccc4c3ccc4sc5ccccc5c4c32)cc1. The van der Waals surface area contributed by atoms with Gasteiger partial charge in [0.15, 0.2) is 0 Å². The van der Waals surface area contributed by atoms with Crippen LogP contribution in [0.5, 0.6) is 0 Å². The molecule has 0 radical (unpaired) electrons. The van der Waals surface area contributed by atoms with Gasteiger partial charge in [0.05, 0.1) is 5.52 Å². The monoisotopic (exact) mass is 634 g/mol. The molecule has 0 N–H and O–H groups in total. The van der Waals surface area contributed by atoms with E-state index in [0.717, 1.165) is 0 Å². The molecule has 230 valence electrons. The second-order valence-electron chi connectivity index (χ2n) is 14.5. The number of aryl methyl sites for hydroxylation is 2. The van der Waals surface area contributed by atoms with Crippen molar-refractivity contribution in [2.45, 2.75) is 51.9 Å². The molecule has 2 nitrogen and oxygen atoms in total. The Morgan fingerprint density at radius 1 is 0.604 bits per heavy atom. The van der Waals surface area contributed by atoms with Crippen LogP contribution in [0.4, 0.5) is 17.1 Å². The normalized spacial score (nSPS) is 15.5. The van der Waals surface area contributed by atoms with E-state index in [2.05, 4.69) is 133 Å². The highest BCUT2D eigenvalue weighted by atomic mass is 32.1. The van der Waals surface area contributed by atoms with Gasteiger partial charge in [-0.2, -0.15) is 0 Å². The fraction of sp³-hybridized carbons (Fsp3) is 0.182. The standard InChI is InChI=1S/C44H35BN2S/c1-26-15-18-30(19-16-26)46-36-21-17-27(2)23-35(36)45-34-13-8-12-31-32-20-22-40-41(33-11-6-7-14-39(33)48-40)44(32)47(43(31)34)38-25-29(24-37(46)42(38)45)28-9-4-3-5-10-28/h6-8,11-25,28H,3-5,9-10H2,1-2H3. The van der Waals surface area contributed by atoms with Crippen molar-refractivity contribution in [1.82, 2.24) is 4.57 Å². The van der Waals surface area contributed by atoms with Gasteiger partial charge in [-0.3, -0.25) is 0 Å². The van der Waals surface area contributed by atoms with E-state index in [9.17, 15) is 0 Å². The molecular weight excluding hydrogens is 599 g/mol. The van der Waals surface area contributed by atoms with Crippen LogP contribution in [0.1, 0.15) is 54.7 Å². The minimum atomic E-state index is 0.169. The molecule has 0 spiro atoms. The summed E-state index contributed by atoms with van der Waals surface area (Å²) in [4.78, 5) is 2.59. The van der Waals surface area contributed by atoms with Gasteiger partial charge in [0, 0.05) is 59.2 Å². The lowest BCUT2D eigenvalue weighted by Gasteiger charge is -2.41. The average Bonchev–Trinajstić information content (AvgIpc) is 3.67. The molecule has 3 aliphatic rings. The molecule has 8 aromatic rings. The van der Waals surface area contributed by atoms with Gasteiger partial charge < -0.3 is 9.47 Å². The molecule has 2 aliphatic heterocycles. The number of benzene rings is 6. The van der Waals surface area contributed by atoms with E-state index < -0.39 is 0 Å². The van der Waals surface area contributed by atoms with Crippen LogP contribution < -0.4 is 21.3 Å². The second kappa shape index (κ2) is 9.87. The number of nitrogens with zero attached hydrogens (tertiary/aromatic N) is 2. The fourth-order valence-electron chi connectivity index (χ4n) is 9.53. The number of thiophene rings is 1. The third-order valence-corrected chi connectivity index (χ3v) is 12.8. The van der Waals surface area contributed by atoms with Crippen molar-refractivity contribution < 1.29 is 0 Å². The molecule has 1 fully saturated rings. The van der Waals surface area contributed by atoms with Crippen molar-refractivity contribution in [2.75, 3.05) is 4.90 Å². The smallest absolute Gasteiger partial charge is 0.252 e. The lowest BCUT2D eigenvalue weighted by molar-refractivity contribution is 0.443. The van der Waals surface area contributed by atoms with Crippen LogP contribution in [0.3, 0.4) is 0 Å². The third-order valence-electron chi connectivity index (χ3n) is 11.7. The minimum absolute atomic E-state index is 0.169. The summed E-state index contributed by atoms with van der Waals surface area (Å²) in [6.45, 7) is 4.60. The molecule has 6 aromatic carbocycles. The summed E-state index contributed by atoms with van der Waals surface area (Å²) in [7, 11) is 0. The Bertz CT molecular complexity index is 2640. The van der Waals surface area contributed by atoms with Gasteiger partial charge in [0.1, 0.15) is 0 Å². The highest BCUT2D eigenvalue weighted by Crippen LogP contribution is 2.47. The number of hydrogen-bond donors (Lipinski definition) is 0. The van der Waals surface area contributed by atoms with Gasteiger partial charge in [-0.25, -0.2) is 0 Å². The summed E-state index contributed by atoms with van der Waals surface area (Å²) in [5.74, 6) is 0.592. The molecule has 0 amide bonds. The largest absolute Gasteiger partial charge is 0.311 e. The zero-order valence-electron chi connectivity index (χ0n) is 27.4. The lowest BCUT2D eigenvalue weighted by Crippen LogP contribution is -2.60. The number of aromatic nitrogens is 1. The third kappa shape index (κ3) is 3.59. The van der Waals surface area contributed by atoms with Crippen molar-refractivity contribution >= 4 is 93.5 Å². The van der Waals surface area contributed by atoms with Gasteiger partial charge >= 0.3 is 0 Å². The first-order valence-electron chi connectivity index (χ1n) is 17.7. The Balaban J connectivity index is 1.34. The first-order valence-corrected chi connectivity index (χ1v) is 18.5. The quantitative estimate of drug-likeness (QED) is 0.172. The van der Waals surface area contributed by atoms with E-state index in [1.165, 1.54) is 130 Å². The topological polar surface area (TPSA) is 8.17 Å². The zero-order valence-corrected chi connectivity index (χ0v) is 28.2. The molecule has 0 saturated heterocycles. The number of hydrogen-bond acceptors (Lipinski definition) is 2. The van der Waals surface area contributed by atoms with Gasteiger partial charge in [-0.15, -0.1) is 11.3 Å². The maximum absolute atomic E-state index is 2.71. The van der Waals surface area contributed by atoms with E-state index in [1.807, 2.05) is 11.3 Å². The Labute approximate surface area is 285 Å². The Morgan fingerprint density at radius 2 is 1.38 bits per heavy atom. The Morgan fingerprint density at radius 3 is 2.25 bits per heavy atom. The molecular formula is C44H35BN2S. The highest BCUT2D eigenvalue weighted by Gasteiger charge is 2.43. The van der Waals surface area contributed by atoms with E-state index in [1.54, 1.807) is 0 Å². The first kappa shape index (κ1) is 27.2. The van der Waals surface area contributed by atoms with Crippen LogP contribution in [0, 0.1) is 13.8 Å². The molecule has 2 aromatic heterocycles. The molecule has 0 unspecified atom stereocenters. The number of rotatable bonds is 2. The number of fused-ring (bicyclic) bond motifs is 11. The van der Waals surface area contributed by atoms with Gasteiger partial charge in [0.25, 0.3) is 6.71 Å². The van der Waals surface area contributed by atoms with Gasteiger partial charge in [-0.1, -0.05) is 97.1 Å². The molecule has 4 heteroatoms. The maximum atomic E-state index is 2.71. The zero-order chi connectivity index (χ0) is 31.7. The number of para-hydroxylation sites is 1. The molecule has 1 saturated carbocycles.